The van der Waals surface area contributed by atoms with Crippen molar-refractivity contribution in [1.82, 2.24) is 19.6 Å². The molecule has 1 N–H and O–H groups in total. The Hall–Kier alpha value is -2.91. The van der Waals surface area contributed by atoms with Crippen LogP contribution in [0.1, 0.15) is 16.1 Å². The maximum atomic E-state index is 12.2. The Morgan fingerprint density at radius 1 is 1.35 bits per heavy atom. The number of aryl methyl sites for hydroxylation is 1. The van der Waals surface area contributed by atoms with Crippen molar-refractivity contribution in [1.29, 1.82) is 0 Å². The van der Waals surface area contributed by atoms with Crippen molar-refractivity contribution in [3.63, 3.8) is 0 Å². The molecule has 11 heteroatoms. The number of amides is 1. The van der Waals surface area contributed by atoms with E-state index in [0.29, 0.717) is 22.3 Å². The van der Waals surface area contributed by atoms with E-state index in [9.17, 15) is 14.9 Å². The van der Waals surface area contributed by atoms with Gasteiger partial charge in [-0.1, -0.05) is 29.3 Å². The lowest BCUT2D eigenvalue weighted by Crippen LogP contribution is -2.14. The van der Waals surface area contributed by atoms with Crippen molar-refractivity contribution in [2.24, 2.45) is 7.05 Å². The summed E-state index contributed by atoms with van der Waals surface area (Å²) in [6.07, 6.45) is 4.18. The first-order chi connectivity index (χ1) is 12.3. The van der Waals surface area contributed by atoms with Crippen LogP contribution < -0.4 is 5.32 Å². The van der Waals surface area contributed by atoms with Gasteiger partial charge in [0.25, 0.3) is 5.91 Å². The summed E-state index contributed by atoms with van der Waals surface area (Å²) >= 11 is 12.0. The number of aromatic nitrogens is 4. The lowest BCUT2D eigenvalue weighted by molar-refractivity contribution is -0.385. The Bertz CT molecular complexity index is 997. The zero-order valence-corrected chi connectivity index (χ0v) is 14.9. The first kappa shape index (κ1) is 17.9. The molecule has 0 bridgehead atoms. The van der Waals surface area contributed by atoms with Crippen molar-refractivity contribution >= 4 is 40.5 Å². The first-order valence-corrected chi connectivity index (χ1v) is 8.05. The Labute approximate surface area is 157 Å². The molecule has 0 unspecified atom stereocenters. The van der Waals surface area contributed by atoms with E-state index in [-0.39, 0.29) is 11.4 Å². The maximum absolute atomic E-state index is 12.2. The minimum Gasteiger partial charge on any atom is -0.318 e. The number of rotatable bonds is 5. The fraction of sp³-hybridized carbons (Fsp3) is 0.133. The molecule has 3 aromatic rings. The summed E-state index contributed by atoms with van der Waals surface area (Å²) in [5.41, 5.74) is 0.536. The highest BCUT2D eigenvalue weighted by Gasteiger charge is 2.25. The number of hydrogen-bond donors (Lipinski definition) is 1. The van der Waals surface area contributed by atoms with E-state index < -0.39 is 10.8 Å². The molecule has 0 saturated carbocycles. The van der Waals surface area contributed by atoms with E-state index in [0.717, 1.165) is 5.56 Å². The molecule has 134 valence electrons. The van der Waals surface area contributed by atoms with Gasteiger partial charge in [0.15, 0.2) is 0 Å². The minimum absolute atomic E-state index is 0.272. The van der Waals surface area contributed by atoms with Gasteiger partial charge in [0.05, 0.1) is 23.4 Å². The third-order valence-electron chi connectivity index (χ3n) is 3.46. The number of nitro groups is 1. The molecule has 2 aromatic heterocycles. The summed E-state index contributed by atoms with van der Waals surface area (Å²) in [6.45, 7) is 0.371. The van der Waals surface area contributed by atoms with Gasteiger partial charge in [-0.05, 0) is 17.7 Å². The fourth-order valence-electron chi connectivity index (χ4n) is 2.30. The highest BCUT2D eigenvalue weighted by molar-refractivity contribution is 6.35. The second-order valence-electron chi connectivity index (χ2n) is 5.41. The Kier molecular flexibility index (Phi) is 4.92. The van der Waals surface area contributed by atoms with Crippen molar-refractivity contribution in [3.8, 4) is 0 Å². The summed E-state index contributed by atoms with van der Waals surface area (Å²) in [7, 11) is 1.50. The topological polar surface area (TPSA) is 108 Å². The largest absolute Gasteiger partial charge is 0.320 e. The molecule has 0 aliphatic heterocycles. The zero-order valence-electron chi connectivity index (χ0n) is 13.4. The van der Waals surface area contributed by atoms with Gasteiger partial charge < -0.3 is 5.32 Å². The molecule has 0 atom stereocenters. The lowest BCUT2D eigenvalue weighted by atomic mass is 10.2. The molecule has 1 aromatic carbocycles. The van der Waals surface area contributed by atoms with E-state index in [4.69, 9.17) is 23.2 Å². The van der Waals surface area contributed by atoms with Gasteiger partial charge in [-0.3, -0.25) is 24.3 Å². The number of benzene rings is 1. The van der Waals surface area contributed by atoms with Crippen LogP contribution in [0.3, 0.4) is 0 Å². The predicted molar refractivity (Wildman–Crippen MR) is 95.6 cm³/mol. The van der Waals surface area contributed by atoms with Crippen molar-refractivity contribution in [2.75, 3.05) is 5.32 Å². The number of halogens is 2. The van der Waals surface area contributed by atoms with Gasteiger partial charge in [-0.25, -0.2) is 0 Å². The number of nitrogens with zero attached hydrogens (tertiary/aromatic N) is 5. The maximum Gasteiger partial charge on any atom is 0.320 e. The number of nitrogens with one attached hydrogen (secondary N) is 1. The van der Waals surface area contributed by atoms with E-state index >= 15 is 0 Å². The quantitative estimate of drug-likeness (QED) is 0.528. The Morgan fingerprint density at radius 2 is 2.12 bits per heavy atom. The van der Waals surface area contributed by atoms with Crippen LogP contribution in [-0.4, -0.2) is 30.4 Å². The van der Waals surface area contributed by atoms with Crippen molar-refractivity contribution < 1.29 is 9.72 Å². The van der Waals surface area contributed by atoms with E-state index in [1.807, 2.05) is 0 Å². The van der Waals surface area contributed by atoms with E-state index in [1.165, 1.54) is 24.1 Å². The highest BCUT2D eigenvalue weighted by atomic mass is 35.5. The molecular weight excluding hydrogens is 383 g/mol. The van der Waals surface area contributed by atoms with E-state index in [2.05, 4.69) is 15.5 Å². The summed E-state index contributed by atoms with van der Waals surface area (Å²) in [5, 5.41) is 22.5. The molecule has 0 fully saturated rings. The second-order valence-corrected chi connectivity index (χ2v) is 6.25. The Balaban J connectivity index is 1.74. The second kappa shape index (κ2) is 7.14. The van der Waals surface area contributed by atoms with Crippen LogP contribution in [0.2, 0.25) is 10.0 Å². The van der Waals surface area contributed by atoms with Gasteiger partial charge >= 0.3 is 5.69 Å². The summed E-state index contributed by atoms with van der Waals surface area (Å²) < 4.78 is 2.77. The standard InChI is InChI=1S/C15H12Cl2N6O3/c1-21-8-13(23(25)26)14(20-21)15(24)19-11-5-18-22(7-11)6-9-2-3-10(16)4-12(9)17/h2-5,7-8H,6H2,1H3,(H,19,24). The molecule has 0 saturated heterocycles. The molecular formula is C15H12Cl2N6O3. The van der Waals surface area contributed by atoms with Crippen LogP contribution in [0, 0.1) is 10.1 Å². The predicted octanol–water partition coefficient (Wildman–Crippen LogP) is 3.13. The molecule has 0 spiro atoms. The third kappa shape index (κ3) is 3.84. The SMILES string of the molecule is Cn1cc([N+](=O)[O-])c(C(=O)Nc2cnn(Cc3ccc(Cl)cc3Cl)c2)n1. The van der Waals surface area contributed by atoms with Crippen molar-refractivity contribution in [2.45, 2.75) is 6.54 Å². The normalized spacial score (nSPS) is 10.7. The van der Waals surface area contributed by atoms with Crippen LogP contribution in [0.15, 0.2) is 36.8 Å². The third-order valence-corrected chi connectivity index (χ3v) is 4.05. The number of anilines is 1. The zero-order chi connectivity index (χ0) is 18.8. The summed E-state index contributed by atoms with van der Waals surface area (Å²) in [4.78, 5) is 22.6. The molecule has 0 aliphatic carbocycles. The van der Waals surface area contributed by atoms with Gasteiger partial charge in [-0.15, -0.1) is 0 Å². The molecule has 3 rings (SSSR count). The van der Waals surface area contributed by atoms with Crippen LogP contribution in [0.25, 0.3) is 0 Å². The lowest BCUT2D eigenvalue weighted by Gasteiger charge is -2.05. The van der Waals surface area contributed by atoms with E-state index in [1.54, 1.807) is 29.1 Å². The first-order valence-electron chi connectivity index (χ1n) is 7.29. The van der Waals surface area contributed by atoms with Gasteiger partial charge in [0.1, 0.15) is 6.20 Å². The molecule has 0 radical (unpaired) electrons. The molecule has 1 amide bonds. The number of carbonyl (C=O) groups excluding carboxylic acids is 1. The number of carbonyl (C=O) groups is 1. The highest BCUT2D eigenvalue weighted by Crippen LogP contribution is 2.22. The smallest absolute Gasteiger partial charge is 0.318 e. The Morgan fingerprint density at radius 3 is 2.81 bits per heavy atom. The van der Waals surface area contributed by atoms with Gasteiger partial charge in [-0.2, -0.15) is 10.2 Å². The van der Waals surface area contributed by atoms with Crippen LogP contribution in [-0.2, 0) is 13.6 Å². The summed E-state index contributed by atoms with van der Waals surface area (Å²) in [5.74, 6) is -0.693. The molecule has 9 nitrogen and oxygen atoms in total. The minimum atomic E-state index is -0.693. The van der Waals surface area contributed by atoms with Gasteiger partial charge in [0.2, 0.25) is 5.69 Å². The van der Waals surface area contributed by atoms with Gasteiger partial charge in [0, 0.05) is 23.3 Å². The van der Waals surface area contributed by atoms with Crippen LogP contribution in [0.5, 0.6) is 0 Å². The van der Waals surface area contributed by atoms with Crippen LogP contribution in [0.4, 0.5) is 11.4 Å². The molecule has 0 aliphatic rings. The molecule has 2 heterocycles. The monoisotopic (exact) mass is 394 g/mol. The van der Waals surface area contributed by atoms with Crippen molar-refractivity contribution in [3.05, 3.63) is 68.2 Å². The summed E-state index contributed by atoms with van der Waals surface area (Å²) in [6, 6.07) is 5.13. The fourth-order valence-corrected chi connectivity index (χ4v) is 2.77. The molecule has 26 heavy (non-hydrogen) atoms. The average Bonchev–Trinajstić information content (AvgIpc) is 3.16. The average molecular weight is 395 g/mol. The van der Waals surface area contributed by atoms with Crippen LogP contribution >= 0.6 is 23.2 Å². The number of hydrogen-bond acceptors (Lipinski definition) is 5.